The zero-order valence-corrected chi connectivity index (χ0v) is 12.6. The monoisotopic (exact) mass is 269 g/mol. The van der Waals surface area contributed by atoms with Crippen molar-refractivity contribution in [1.29, 1.82) is 0 Å². The SMILES string of the molecule is CN(C(=O)C(CC1CCCCC1)C(=O)O)C(C)(C)C. The van der Waals surface area contributed by atoms with E-state index in [1.54, 1.807) is 11.9 Å². The van der Waals surface area contributed by atoms with E-state index < -0.39 is 11.9 Å². The molecule has 0 aromatic rings. The van der Waals surface area contributed by atoms with Gasteiger partial charge in [-0.3, -0.25) is 9.59 Å². The Morgan fingerprint density at radius 1 is 1.21 bits per heavy atom. The summed E-state index contributed by atoms with van der Waals surface area (Å²) < 4.78 is 0. The predicted octanol–water partition coefficient (Wildman–Crippen LogP) is 2.91. The number of rotatable bonds is 4. The topological polar surface area (TPSA) is 57.6 Å². The molecule has 110 valence electrons. The van der Waals surface area contributed by atoms with Crippen LogP contribution >= 0.6 is 0 Å². The van der Waals surface area contributed by atoms with Crippen LogP contribution in [0.15, 0.2) is 0 Å². The Kier molecular flexibility index (Phi) is 5.39. The van der Waals surface area contributed by atoms with Crippen LogP contribution in [0.5, 0.6) is 0 Å². The van der Waals surface area contributed by atoms with Gasteiger partial charge in [-0.1, -0.05) is 32.1 Å². The van der Waals surface area contributed by atoms with Gasteiger partial charge in [0.2, 0.25) is 5.91 Å². The molecule has 0 spiro atoms. The number of carbonyl (C=O) groups excluding carboxylic acids is 1. The van der Waals surface area contributed by atoms with Crippen molar-refractivity contribution in [1.82, 2.24) is 4.90 Å². The average Bonchev–Trinajstić information content (AvgIpc) is 2.34. The summed E-state index contributed by atoms with van der Waals surface area (Å²) in [5.41, 5.74) is -0.336. The lowest BCUT2D eigenvalue weighted by Gasteiger charge is -2.35. The van der Waals surface area contributed by atoms with Crippen LogP contribution in [0.4, 0.5) is 0 Å². The number of carbonyl (C=O) groups is 2. The Hall–Kier alpha value is -1.06. The summed E-state index contributed by atoms with van der Waals surface area (Å²) in [6.45, 7) is 5.76. The highest BCUT2D eigenvalue weighted by Gasteiger charge is 2.35. The molecule has 1 rings (SSSR count). The number of carboxylic acid groups (broad SMARTS) is 1. The highest BCUT2D eigenvalue weighted by atomic mass is 16.4. The number of amides is 1. The Balaban J connectivity index is 2.71. The first-order valence-electron chi connectivity index (χ1n) is 7.24. The molecule has 1 atom stereocenters. The Morgan fingerprint density at radius 2 is 1.74 bits per heavy atom. The fourth-order valence-corrected chi connectivity index (χ4v) is 2.63. The van der Waals surface area contributed by atoms with E-state index in [0.717, 1.165) is 12.8 Å². The molecule has 4 heteroatoms. The standard InChI is InChI=1S/C15H27NO3/c1-15(2,3)16(4)13(17)12(14(18)19)10-11-8-6-5-7-9-11/h11-12H,5-10H2,1-4H3,(H,18,19). The second kappa shape index (κ2) is 6.40. The van der Waals surface area contributed by atoms with E-state index in [-0.39, 0.29) is 11.4 Å². The van der Waals surface area contributed by atoms with Crippen LogP contribution in [0.3, 0.4) is 0 Å². The Morgan fingerprint density at radius 3 is 2.16 bits per heavy atom. The smallest absolute Gasteiger partial charge is 0.316 e. The fourth-order valence-electron chi connectivity index (χ4n) is 2.63. The molecule has 1 saturated carbocycles. The molecule has 0 saturated heterocycles. The molecular formula is C15H27NO3. The minimum absolute atomic E-state index is 0.259. The van der Waals surface area contributed by atoms with E-state index in [9.17, 15) is 14.7 Å². The van der Waals surface area contributed by atoms with Gasteiger partial charge < -0.3 is 10.0 Å². The quantitative estimate of drug-likeness (QED) is 0.798. The van der Waals surface area contributed by atoms with Gasteiger partial charge in [-0.05, 0) is 33.1 Å². The third kappa shape index (κ3) is 4.51. The summed E-state index contributed by atoms with van der Waals surface area (Å²) >= 11 is 0. The molecule has 0 aromatic carbocycles. The van der Waals surface area contributed by atoms with Gasteiger partial charge in [0.05, 0.1) is 0 Å². The molecule has 0 heterocycles. The van der Waals surface area contributed by atoms with Crippen LogP contribution in [0.25, 0.3) is 0 Å². The lowest BCUT2D eigenvalue weighted by Crippen LogP contribution is -2.47. The minimum atomic E-state index is -0.980. The van der Waals surface area contributed by atoms with Gasteiger partial charge in [0.25, 0.3) is 0 Å². The number of hydrogen-bond donors (Lipinski definition) is 1. The van der Waals surface area contributed by atoms with E-state index in [1.165, 1.54) is 19.3 Å². The molecule has 1 N–H and O–H groups in total. The average molecular weight is 269 g/mol. The highest BCUT2D eigenvalue weighted by molar-refractivity contribution is 5.97. The number of nitrogens with zero attached hydrogens (tertiary/aromatic N) is 1. The van der Waals surface area contributed by atoms with Crippen molar-refractivity contribution < 1.29 is 14.7 Å². The van der Waals surface area contributed by atoms with Gasteiger partial charge in [0, 0.05) is 12.6 Å². The summed E-state index contributed by atoms with van der Waals surface area (Å²) in [5.74, 6) is -1.73. The molecule has 1 amide bonds. The molecule has 1 fully saturated rings. The lowest BCUT2D eigenvalue weighted by atomic mass is 9.82. The summed E-state index contributed by atoms with van der Waals surface area (Å²) in [5, 5.41) is 9.34. The third-order valence-electron chi connectivity index (χ3n) is 4.23. The van der Waals surface area contributed by atoms with Crippen molar-refractivity contribution in [2.45, 2.75) is 64.8 Å². The molecule has 0 aromatic heterocycles. The maximum absolute atomic E-state index is 12.4. The third-order valence-corrected chi connectivity index (χ3v) is 4.23. The van der Waals surface area contributed by atoms with Gasteiger partial charge in [0.15, 0.2) is 0 Å². The van der Waals surface area contributed by atoms with Gasteiger partial charge >= 0.3 is 5.97 Å². The highest BCUT2D eigenvalue weighted by Crippen LogP contribution is 2.30. The van der Waals surface area contributed by atoms with Gasteiger partial charge in [-0.25, -0.2) is 0 Å². The van der Waals surface area contributed by atoms with Crippen molar-refractivity contribution >= 4 is 11.9 Å². The normalized spacial score (nSPS) is 18.9. The van der Waals surface area contributed by atoms with Crippen molar-refractivity contribution in [3.8, 4) is 0 Å². The van der Waals surface area contributed by atoms with E-state index >= 15 is 0 Å². The first-order chi connectivity index (χ1) is 8.73. The molecule has 1 aliphatic rings. The van der Waals surface area contributed by atoms with E-state index in [0.29, 0.717) is 12.3 Å². The molecule has 1 aliphatic carbocycles. The van der Waals surface area contributed by atoms with Gasteiger partial charge in [-0.15, -0.1) is 0 Å². The second-order valence-electron chi connectivity index (χ2n) is 6.70. The van der Waals surface area contributed by atoms with E-state index in [4.69, 9.17) is 0 Å². The predicted molar refractivity (Wildman–Crippen MR) is 74.8 cm³/mol. The number of aliphatic carboxylic acids is 1. The largest absolute Gasteiger partial charge is 0.481 e. The number of hydrogen-bond acceptors (Lipinski definition) is 2. The van der Waals surface area contributed by atoms with Crippen LogP contribution in [0.1, 0.15) is 59.3 Å². The maximum Gasteiger partial charge on any atom is 0.316 e. The fraction of sp³-hybridized carbons (Fsp3) is 0.867. The molecule has 0 radical (unpaired) electrons. The summed E-state index contributed by atoms with van der Waals surface area (Å²) in [4.78, 5) is 25.3. The van der Waals surface area contributed by atoms with Crippen LogP contribution < -0.4 is 0 Å². The zero-order chi connectivity index (χ0) is 14.6. The van der Waals surface area contributed by atoms with Crippen molar-refractivity contribution in [3.05, 3.63) is 0 Å². The minimum Gasteiger partial charge on any atom is -0.481 e. The Bertz CT molecular complexity index is 327. The van der Waals surface area contributed by atoms with Crippen molar-refractivity contribution in [2.24, 2.45) is 11.8 Å². The van der Waals surface area contributed by atoms with E-state index in [1.807, 2.05) is 20.8 Å². The van der Waals surface area contributed by atoms with Crippen LogP contribution in [-0.4, -0.2) is 34.5 Å². The van der Waals surface area contributed by atoms with Crippen LogP contribution in [-0.2, 0) is 9.59 Å². The van der Waals surface area contributed by atoms with Crippen molar-refractivity contribution in [3.63, 3.8) is 0 Å². The maximum atomic E-state index is 12.4. The Labute approximate surface area is 116 Å². The van der Waals surface area contributed by atoms with Crippen LogP contribution in [0.2, 0.25) is 0 Å². The molecule has 0 bridgehead atoms. The lowest BCUT2D eigenvalue weighted by molar-refractivity contribution is -0.153. The summed E-state index contributed by atoms with van der Waals surface area (Å²) in [7, 11) is 1.69. The van der Waals surface area contributed by atoms with Crippen molar-refractivity contribution in [2.75, 3.05) is 7.05 Å². The molecule has 1 unspecified atom stereocenters. The first kappa shape index (κ1) is 16.0. The first-order valence-corrected chi connectivity index (χ1v) is 7.24. The molecule has 0 aliphatic heterocycles. The molecule has 4 nitrogen and oxygen atoms in total. The van der Waals surface area contributed by atoms with Gasteiger partial charge in [-0.2, -0.15) is 0 Å². The zero-order valence-electron chi connectivity index (χ0n) is 12.6. The molecular weight excluding hydrogens is 242 g/mol. The molecule has 19 heavy (non-hydrogen) atoms. The summed E-state index contributed by atoms with van der Waals surface area (Å²) in [6, 6.07) is 0. The number of carboxylic acids is 1. The van der Waals surface area contributed by atoms with Gasteiger partial charge in [0.1, 0.15) is 5.92 Å². The second-order valence-corrected chi connectivity index (χ2v) is 6.70. The van der Waals surface area contributed by atoms with E-state index in [2.05, 4.69) is 0 Å². The van der Waals surface area contributed by atoms with Crippen LogP contribution in [0, 0.1) is 11.8 Å². The summed E-state index contributed by atoms with van der Waals surface area (Å²) in [6.07, 6.45) is 6.20.